The summed E-state index contributed by atoms with van der Waals surface area (Å²) in [5.74, 6) is 1.44. The minimum Gasteiger partial charge on any atom is -0.496 e. The van der Waals surface area contributed by atoms with Gasteiger partial charge in [-0.05, 0) is 48.9 Å². The maximum Gasteiger partial charge on any atom is 0.122 e. The van der Waals surface area contributed by atoms with Gasteiger partial charge in [-0.2, -0.15) is 0 Å². The molecule has 94 valence electrons. The van der Waals surface area contributed by atoms with E-state index in [4.69, 9.17) is 22.7 Å². The summed E-state index contributed by atoms with van der Waals surface area (Å²) in [7, 11) is 1.71. The van der Waals surface area contributed by atoms with Crippen LogP contribution in [0.15, 0.2) is 12.1 Å². The quantitative estimate of drug-likeness (QED) is 0.816. The Labute approximate surface area is 109 Å². The molecule has 3 heteroatoms. The van der Waals surface area contributed by atoms with Crippen molar-refractivity contribution < 1.29 is 4.74 Å². The van der Waals surface area contributed by atoms with Gasteiger partial charge < -0.3 is 10.5 Å². The first kappa shape index (κ1) is 14.0. The molecule has 0 saturated heterocycles. The lowest BCUT2D eigenvalue weighted by Gasteiger charge is -2.15. The van der Waals surface area contributed by atoms with Crippen molar-refractivity contribution in [2.45, 2.75) is 33.6 Å². The molecule has 0 aliphatic rings. The maximum absolute atomic E-state index is 5.57. The fraction of sp³-hybridized carbons (Fsp3) is 0.500. The molecule has 0 amide bonds. The van der Waals surface area contributed by atoms with Gasteiger partial charge in [0.05, 0.1) is 12.1 Å². The van der Waals surface area contributed by atoms with Crippen molar-refractivity contribution in [3.63, 3.8) is 0 Å². The lowest BCUT2D eigenvalue weighted by molar-refractivity contribution is 0.411. The Morgan fingerprint density at radius 1 is 1.35 bits per heavy atom. The molecule has 1 atom stereocenters. The smallest absolute Gasteiger partial charge is 0.122 e. The van der Waals surface area contributed by atoms with Gasteiger partial charge in [0.2, 0.25) is 0 Å². The van der Waals surface area contributed by atoms with Crippen molar-refractivity contribution in [1.82, 2.24) is 0 Å². The number of benzene rings is 1. The number of hydrogen-bond donors (Lipinski definition) is 1. The molecule has 0 spiro atoms. The summed E-state index contributed by atoms with van der Waals surface area (Å²) < 4.78 is 5.31. The average molecular weight is 251 g/mol. The molecular formula is C14H21NOS. The van der Waals surface area contributed by atoms with E-state index in [0.29, 0.717) is 10.9 Å². The van der Waals surface area contributed by atoms with Crippen LogP contribution in [0.25, 0.3) is 0 Å². The van der Waals surface area contributed by atoms with E-state index in [1.165, 1.54) is 16.7 Å². The van der Waals surface area contributed by atoms with E-state index in [0.717, 1.165) is 18.6 Å². The second-order valence-corrected chi connectivity index (χ2v) is 5.25. The zero-order chi connectivity index (χ0) is 13.0. The van der Waals surface area contributed by atoms with E-state index in [-0.39, 0.29) is 0 Å². The number of methoxy groups -OCH3 is 1. The summed E-state index contributed by atoms with van der Waals surface area (Å²) in [4.78, 5) is 0.598. The van der Waals surface area contributed by atoms with Gasteiger partial charge in [-0.1, -0.05) is 25.2 Å². The molecule has 0 bridgehead atoms. The van der Waals surface area contributed by atoms with Crippen molar-refractivity contribution >= 4 is 17.2 Å². The second-order valence-electron chi connectivity index (χ2n) is 4.73. The van der Waals surface area contributed by atoms with Gasteiger partial charge >= 0.3 is 0 Å². The van der Waals surface area contributed by atoms with E-state index in [9.17, 15) is 0 Å². The van der Waals surface area contributed by atoms with E-state index in [1.54, 1.807) is 7.11 Å². The van der Waals surface area contributed by atoms with Crippen molar-refractivity contribution in [2.24, 2.45) is 11.7 Å². The predicted octanol–water partition coefficient (Wildman–Crippen LogP) is 3.17. The Morgan fingerprint density at radius 3 is 2.53 bits per heavy atom. The molecule has 1 rings (SSSR count). The molecule has 1 aromatic rings. The monoisotopic (exact) mass is 251 g/mol. The van der Waals surface area contributed by atoms with E-state index < -0.39 is 0 Å². The van der Waals surface area contributed by atoms with Crippen molar-refractivity contribution in [2.75, 3.05) is 7.11 Å². The third kappa shape index (κ3) is 4.00. The SMILES string of the molecule is COc1cc(C)c(CC(C)CC(N)=S)cc1C. The summed E-state index contributed by atoms with van der Waals surface area (Å²) in [6.07, 6.45) is 1.81. The molecule has 1 aromatic carbocycles. The number of ether oxygens (including phenoxy) is 1. The Morgan fingerprint density at radius 2 is 2.00 bits per heavy atom. The van der Waals surface area contributed by atoms with Crippen LogP contribution in [-0.4, -0.2) is 12.1 Å². The van der Waals surface area contributed by atoms with Gasteiger partial charge in [0.15, 0.2) is 0 Å². The van der Waals surface area contributed by atoms with Crippen LogP contribution in [0.2, 0.25) is 0 Å². The first-order valence-electron chi connectivity index (χ1n) is 5.86. The molecular weight excluding hydrogens is 230 g/mol. The standard InChI is InChI=1S/C14H21NOS/c1-9(6-14(15)17)5-12-7-11(3)13(16-4)8-10(12)2/h7-9H,5-6H2,1-4H3,(H2,15,17). The summed E-state index contributed by atoms with van der Waals surface area (Å²) in [6.45, 7) is 6.36. The van der Waals surface area contributed by atoms with Gasteiger partial charge in [-0.3, -0.25) is 0 Å². The number of hydrogen-bond acceptors (Lipinski definition) is 2. The molecule has 2 N–H and O–H groups in total. The first-order valence-corrected chi connectivity index (χ1v) is 6.27. The largest absolute Gasteiger partial charge is 0.496 e. The molecule has 0 fully saturated rings. The highest BCUT2D eigenvalue weighted by molar-refractivity contribution is 7.80. The molecule has 0 aromatic heterocycles. The Kier molecular flexibility index (Phi) is 4.94. The Hall–Kier alpha value is -1.09. The second kappa shape index (κ2) is 6.01. The lowest BCUT2D eigenvalue weighted by Crippen LogP contribution is -2.14. The number of rotatable bonds is 5. The highest BCUT2D eigenvalue weighted by Crippen LogP contribution is 2.24. The highest BCUT2D eigenvalue weighted by Gasteiger charge is 2.09. The Balaban J connectivity index is 2.84. The zero-order valence-corrected chi connectivity index (χ0v) is 11.9. The highest BCUT2D eigenvalue weighted by atomic mass is 32.1. The van der Waals surface area contributed by atoms with Crippen molar-refractivity contribution in [3.05, 3.63) is 28.8 Å². The molecule has 0 aliphatic carbocycles. The normalized spacial score (nSPS) is 12.2. The van der Waals surface area contributed by atoms with Crippen LogP contribution in [0.3, 0.4) is 0 Å². The maximum atomic E-state index is 5.57. The molecule has 0 heterocycles. The van der Waals surface area contributed by atoms with Gasteiger partial charge in [0.1, 0.15) is 5.75 Å². The van der Waals surface area contributed by atoms with Gasteiger partial charge in [-0.25, -0.2) is 0 Å². The summed E-state index contributed by atoms with van der Waals surface area (Å²) in [6, 6.07) is 4.29. The third-order valence-corrected chi connectivity index (χ3v) is 3.14. The molecule has 1 unspecified atom stereocenters. The predicted molar refractivity (Wildman–Crippen MR) is 76.7 cm³/mol. The molecule has 17 heavy (non-hydrogen) atoms. The summed E-state index contributed by atoms with van der Waals surface area (Å²) >= 11 is 4.94. The van der Waals surface area contributed by atoms with Gasteiger partial charge in [0, 0.05) is 6.42 Å². The molecule has 0 aliphatic heterocycles. The first-order chi connectivity index (χ1) is 7.93. The molecule has 0 radical (unpaired) electrons. The molecule has 2 nitrogen and oxygen atoms in total. The van der Waals surface area contributed by atoms with Crippen molar-refractivity contribution in [3.8, 4) is 5.75 Å². The van der Waals surface area contributed by atoms with E-state index >= 15 is 0 Å². The van der Waals surface area contributed by atoms with Crippen LogP contribution in [0.1, 0.15) is 30.0 Å². The number of nitrogens with two attached hydrogens (primary N) is 1. The van der Waals surface area contributed by atoms with Crippen LogP contribution in [0, 0.1) is 19.8 Å². The topological polar surface area (TPSA) is 35.2 Å². The lowest BCUT2D eigenvalue weighted by atomic mass is 9.93. The van der Waals surface area contributed by atoms with Crippen LogP contribution >= 0.6 is 12.2 Å². The third-order valence-electron chi connectivity index (χ3n) is 2.97. The van der Waals surface area contributed by atoms with Crippen molar-refractivity contribution in [1.29, 1.82) is 0 Å². The minimum atomic E-state index is 0.485. The average Bonchev–Trinajstić information content (AvgIpc) is 2.21. The summed E-state index contributed by atoms with van der Waals surface area (Å²) in [5.41, 5.74) is 9.37. The van der Waals surface area contributed by atoms with Crippen LogP contribution in [-0.2, 0) is 6.42 Å². The van der Waals surface area contributed by atoms with Crippen LogP contribution in [0.5, 0.6) is 5.75 Å². The number of aryl methyl sites for hydroxylation is 2. The zero-order valence-electron chi connectivity index (χ0n) is 11.0. The van der Waals surface area contributed by atoms with Gasteiger partial charge in [0.25, 0.3) is 0 Å². The molecule has 0 saturated carbocycles. The Bertz CT molecular complexity index is 415. The van der Waals surface area contributed by atoms with E-state index in [1.807, 2.05) is 0 Å². The van der Waals surface area contributed by atoms with Gasteiger partial charge in [-0.15, -0.1) is 0 Å². The van der Waals surface area contributed by atoms with Crippen LogP contribution < -0.4 is 10.5 Å². The number of thiocarbonyl (C=S) groups is 1. The van der Waals surface area contributed by atoms with E-state index in [2.05, 4.69) is 32.9 Å². The fourth-order valence-corrected chi connectivity index (χ4v) is 2.36. The summed E-state index contributed by atoms with van der Waals surface area (Å²) in [5, 5.41) is 0. The van der Waals surface area contributed by atoms with Crippen LogP contribution in [0.4, 0.5) is 0 Å². The minimum absolute atomic E-state index is 0.485. The fourth-order valence-electron chi connectivity index (χ4n) is 2.08.